The van der Waals surface area contributed by atoms with Gasteiger partial charge in [0.25, 0.3) is 0 Å². The van der Waals surface area contributed by atoms with E-state index in [1.165, 1.54) is 0 Å². The summed E-state index contributed by atoms with van der Waals surface area (Å²) in [4.78, 5) is 4.30. The monoisotopic (exact) mass is 327 g/mol. The molecule has 0 amide bonds. The van der Waals surface area contributed by atoms with Crippen LogP contribution in [0.4, 0.5) is 0 Å². The van der Waals surface area contributed by atoms with Crippen molar-refractivity contribution in [3.8, 4) is 11.5 Å². The smallest absolute Gasteiger partial charge is 0.231 e. The fourth-order valence-corrected chi connectivity index (χ4v) is 2.34. The van der Waals surface area contributed by atoms with Crippen LogP contribution in [0.2, 0.25) is 0 Å². The van der Waals surface area contributed by atoms with Crippen molar-refractivity contribution in [1.82, 2.24) is 5.32 Å². The van der Waals surface area contributed by atoms with E-state index in [-0.39, 0.29) is 6.79 Å². The topological polar surface area (TPSA) is 68.9 Å². The highest BCUT2D eigenvalue weighted by molar-refractivity contribution is 9.10. The van der Waals surface area contributed by atoms with Crippen molar-refractivity contribution >= 4 is 21.9 Å². The van der Waals surface area contributed by atoms with Crippen molar-refractivity contribution in [2.45, 2.75) is 26.3 Å². The average Bonchev–Trinajstić information content (AvgIpc) is 2.85. The Labute approximate surface area is 121 Å². The molecule has 5 nitrogen and oxygen atoms in total. The molecule has 0 aliphatic carbocycles. The molecule has 19 heavy (non-hydrogen) atoms. The van der Waals surface area contributed by atoms with E-state index in [4.69, 9.17) is 15.2 Å². The number of unbranched alkanes of at least 4 members (excludes halogenated alkanes) is 1. The summed E-state index contributed by atoms with van der Waals surface area (Å²) in [6.07, 6.45) is 2.22. The lowest BCUT2D eigenvalue weighted by Crippen LogP contribution is -2.32. The van der Waals surface area contributed by atoms with E-state index in [2.05, 4.69) is 33.2 Å². The number of halogens is 1. The molecule has 0 spiro atoms. The Morgan fingerprint density at radius 1 is 1.47 bits per heavy atom. The summed E-state index contributed by atoms with van der Waals surface area (Å²) in [6, 6.07) is 3.90. The first-order valence-electron chi connectivity index (χ1n) is 6.32. The molecule has 1 aromatic rings. The van der Waals surface area contributed by atoms with Crippen molar-refractivity contribution < 1.29 is 9.47 Å². The molecule has 1 aliphatic rings. The third-order valence-electron chi connectivity index (χ3n) is 2.76. The second-order valence-corrected chi connectivity index (χ2v) is 5.15. The van der Waals surface area contributed by atoms with Gasteiger partial charge in [0, 0.05) is 6.54 Å². The van der Waals surface area contributed by atoms with Crippen LogP contribution in [0, 0.1) is 0 Å². The number of benzene rings is 1. The molecule has 1 heterocycles. The van der Waals surface area contributed by atoms with Crippen LogP contribution >= 0.6 is 15.9 Å². The molecule has 6 heteroatoms. The lowest BCUT2D eigenvalue weighted by Gasteiger charge is -2.06. The Morgan fingerprint density at radius 2 is 2.32 bits per heavy atom. The van der Waals surface area contributed by atoms with Crippen LogP contribution in [0.3, 0.4) is 0 Å². The molecule has 0 atom stereocenters. The van der Waals surface area contributed by atoms with Crippen LogP contribution < -0.4 is 20.5 Å². The van der Waals surface area contributed by atoms with Gasteiger partial charge in [-0.05, 0) is 40.0 Å². The lowest BCUT2D eigenvalue weighted by molar-refractivity contribution is 0.173. The third kappa shape index (κ3) is 3.76. The first-order chi connectivity index (χ1) is 9.20. The van der Waals surface area contributed by atoms with Gasteiger partial charge in [-0.25, -0.2) is 4.99 Å². The van der Waals surface area contributed by atoms with E-state index in [9.17, 15) is 0 Å². The quantitative estimate of drug-likeness (QED) is 0.495. The number of ether oxygens (including phenoxy) is 2. The van der Waals surface area contributed by atoms with Gasteiger partial charge in [-0.3, -0.25) is 0 Å². The summed E-state index contributed by atoms with van der Waals surface area (Å²) >= 11 is 3.46. The highest BCUT2D eigenvalue weighted by Crippen LogP contribution is 2.40. The van der Waals surface area contributed by atoms with Crippen molar-refractivity contribution in [3.63, 3.8) is 0 Å². The number of nitrogens with zero attached hydrogens (tertiary/aromatic N) is 1. The average molecular weight is 328 g/mol. The highest BCUT2D eigenvalue weighted by Gasteiger charge is 2.17. The van der Waals surface area contributed by atoms with E-state index in [1.54, 1.807) is 0 Å². The zero-order valence-corrected chi connectivity index (χ0v) is 12.5. The molecule has 3 N–H and O–H groups in total. The predicted octanol–water partition coefficient (Wildman–Crippen LogP) is 2.38. The van der Waals surface area contributed by atoms with Gasteiger partial charge in [0.15, 0.2) is 17.5 Å². The van der Waals surface area contributed by atoms with Gasteiger partial charge in [0.1, 0.15) is 0 Å². The normalized spacial score (nSPS) is 13.7. The number of nitrogens with one attached hydrogen (secondary N) is 1. The molecule has 2 rings (SSSR count). The fourth-order valence-electron chi connectivity index (χ4n) is 1.74. The maximum atomic E-state index is 5.78. The number of aliphatic imine (C=N–C) groups is 1. The molecule has 0 saturated heterocycles. The van der Waals surface area contributed by atoms with Crippen molar-refractivity contribution in [1.29, 1.82) is 0 Å². The second-order valence-electron chi connectivity index (χ2n) is 4.29. The van der Waals surface area contributed by atoms with Crippen LogP contribution in [0.5, 0.6) is 11.5 Å². The Hall–Kier alpha value is -1.43. The predicted molar refractivity (Wildman–Crippen MR) is 78.5 cm³/mol. The summed E-state index contributed by atoms with van der Waals surface area (Å²) in [5.74, 6) is 1.97. The van der Waals surface area contributed by atoms with Crippen molar-refractivity contribution in [2.24, 2.45) is 10.7 Å². The fraction of sp³-hybridized carbons (Fsp3) is 0.462. The Balaban J connectivity index is 1.96. The number of fused-ring (bicyclic) bond motifs is 1. The molecule has 0 unspecified atom stereocenters. The minimum absolute atomic E-state index is 0.265. The number of hydrogen-bond acceptors (Lipinski definition) is 3. The summed E-state index contributed by atoms with van der Waals surface area (Å²) in [6.45, 7) is 3.78. The SMILES string of the molecule is CCCCNC(N)=NCc1cc(Br)c2c(c1)OCO2. The zero-order valence-electron chi connectivity index (χ0n) is 10.9. The molecule has 1 aromatic carbocycles. The molecule has 0 aromatic heterocycles. The van der Waals surface area contributed by atoms with Crippen LogP contribution in [-0.2, 0) is 6.54 Å². The highest BCUT2D eigenvalue weighted by atomic mass is 79.9. The van der Waals surface area contributed by atoms with Crippen molar-refractivity contribution in [2.75, 3.05) is 13.3 Å². The first-order valence-corrected chi connectivity index (χ1v) is 7.12. The standard InChI is InChI=1S/C13H18BrN3O2/c1-2-3-4-16-13(15)17-7-9-5-10(14)12-11(6-9)18-8-19-12/h5-6H,2-4,7-8H2,1H3,(H3,15,16,17). The lowest BCUT2D eigenvalue weighted by atomic mass is 10.2. The van der Waals surface area contributed by atoms with E-state index in [0.717, 1.165) is 40.9 Å². The number of nitrogens with two attached hydrogens (primary N) is 1. The van der Waals surface area contributed by atoms with Crippen LogP contribution in [0.25, 0.3) is 0 Å². The largest absolute Gasteiger partial charge is 0.454 e. The van der Waals surface area contributed by atoms with Gasteiger partial charge in [0.05, 0.1) is 11.0 Å². The number of rotatable bonds is 5. The summed E-state index contributed by atoms with van der Waals surface area (Å²) in [5, 5.41) is 3.08. The van der Waals surface area contributed by atoms with Gasteiger partial charge in [-0.1, -0.05) is 13.3 Å². The Kier molecular flexibility index (Phi) is 4.90. The van der Waals surface area contributed by atoms with Crippen LogP contribution in [-0.4, -0.2) is 19.3 Å². The van der Waals surface area contributed by atoms with Crippen molar-refractivity contribution in [3.05, 3.63) is 22.2 Å². The zero-order chi connectivity index (χ0) is 13.7. The van der Waals surface area contributed by atoms with Gasteiger partial charge in [0.2, 0.25) is 6.79 Å². The minimum Gasteiger partial charge on any atom is -0.454 e. The maximum absolute atomic E-state index is 5.78. The van der Waals surface area contributed by atoms with Gasteiger partial charge >= 0.3 is 0 Å². The second kappa shape index (κ2) is 6.65. The summed E-state index contributed by atoms with van der Waals surface area (Å²) in [7, 11) is 0. The summed E-state index contributed by atoms with van der Waals surface area (Å²) in [5.41, 5.74) is 6.81. The van der Waals surface area contributed by atoms with E-state index < -0.39 is 0 Å². The van der Waals surface area contributed by atoms with Gasteiger partial charge in [-0.2, -0.15) is 0 Å². The molecule has 0 fully saturated rings. The molecular weight excluding hydrogens is 310 g/mol. The third-order valence-corrected chi connectivity index (χ3v) is 3.34. The van der Waals surface area contributed by atoms with Crippen LogP contribution in [0.15, 0.2) is 21.6 Å². The first kappa shape index (κ1) is 14.0. The maximum Gasteiger partial charge on any atom is 0.231 e. The van der Waals surface area contributed by atoms with Gasteiger partial charge in [-0.15, -0.1) is 0 Å². The molecule has 1 aliphatic heterocycles. The van der Waals surface area contributed by atoms with E-state index in [0.29, 0.717) is 12.5 Å². The number of guanidine groups is 1. The van der Waals surface area contributed by atoms with Crippen LogP contribution in [0.1, 0.15) is 25.3 Å². The minimum atomic E-state index is 0.265. The Morgan fingerprint density at radius 3 is 3.11 bits per heavy atom. The molecule has 0 radical (unpaired) electrons. The molecular formula is C13H18BrN3O2. The Bertz CT molecular complexity index is 477. The van der Waals surface area contributed by atoms with E-state index >= 15 is 0 Å². The molecule has 0 bridgehead atoms. The number of hydrogen-bond donors (Lipinski definition) is 2. The molecule has 0 saturated carbocycles. The molecule has 104 valence electrons. The summed E-state index contributed by atoms with van der Waals surface area (Å²) < 4.78 is 11.6. The van der Waals surface area contributed by atoms with Gasteiger partial charge < -0.3 is 20.5 Å². The van der Waals surface area contributed by atoms with E-state index in [1.807, 2.05) is 12.1 Å².